The minimum atomic E-state index is -3.92. The molecule has 0 radical (unpaired) electrons. The number of aliphatic hydroxyl groups excluding tert-OH is 1. The number of aromatic nitrogens is 1. The number of fused-ring (bicyclic) bond motifs is 1. The third-order valence-corrected chi connectivity index (χ3v) is 2.52. The first kappa shape index (κ1) is 10.1. The Labute approximate surface area is 85.4 Å². The van der Waals surface area contributed by atoms with Crippen molar-refractivity contribution in [1.82, 2.24) is 4.98 Å². The normalized spacial score (nSPS) is 12.1. The van der Waals surface area contributed by atoms with Crippen LogP contribution in [0.15, 0.2) is 27.8 Å². The lowest BCUT2D eigenvalue weighted by atomic mass is 10.2. The van der Waals surface area contributed by atoms with E-state index in [1.54, 1.807) is 12.1 Å². The van der Waals surface area contributed by atoms with E-state index in [4.69, 9.17) is 14.7 Å². The number of sulfonamides is 1. The third-order valence-electron chi connectivity index (χ3n) is 1.86. The fraction of sp³-hybridized carbons (Fsp3) is 0.125. The molecule has 1 heterocycles. The van der Waals surface area contributed by atoms with Gasteiger partial charge in [-0.1, -0.05) is 6.07 Å². The highest BCUT2D eigenvalue weighted by molar-refractivity contribution is 7.88. The van der Waals surface area contributed by atoms with Gasteiger partial charge < -0.3 is 9.52 Å². The van der Waals surface area contributed by atoms with Crippen molar-refractivity contribution in [2.24, 2.45) is 5.14 Å². The Hall–Kier alpha value is -1.44. The van der Waals surface area contributed by atoms with E-state index >= 15 is 0 Å². The Kier molecular flexibility index (Phi) is 2.22. The van der Waals surface area contributed by atoms with Gasteiger partial charge in [0.15, 0.2) is 5.58 Å². The number of rotatable bonds is 2. The SMILES string of the molecule is NS(=O)(=O)c1nc2ccc(CO)cc2o1. The molecule has 0 bridgehead atoms. The summed E-state index contributed by atoms with van der Waals surface area (Å²) in [6.45, 7) is -0.151. The Morgan fingerprint density at radius 2 is 2.20 bits per heavy atom. The maximum Gasteiger partial charge on any atom is 0.331 e. The van der Waals surface area contributed by atoms with Gasteiger partial charge in [0.05, 0.1) is 6.61 Å². The average molecular weight is 228 g/mol. The molecule has 3 N–H and O–H groups in total. The average Bonchev–Trinajstić information content (AvgIpc) is 2.59. The Balaban J connectivity index is 2.66. The number of nitrogens with zero attached hydrogens (tertiary/aromatic N) is 1. The van der Waals surface area contributed by atoms with Crippen molar-refractivity contribution in [1.29, 1.82) is 0 Å². The molecule has 0 saturated carbocycles. The summed E-state index contributed by atoms with van der Waals surface area (Å²) in [7, 11) is -3.92. The van der Waals surface area contributed by atoms with Crippen LogP contribution in [0.3, 0.4) is 0 Å². The number of hydrogen-bond donors (Lipinski definition) is 2. The molecule has 7 heteroatoms. The molecule has 0 fully saturated rings. The molecule has 0 aliphatic heterocycles. The first-order valence-corrected chi connectivity index (χ1v) is 5.58. The molecule has 1 aromatic heterocycles. The van der Waals surface area contributed by atoms with Gasteiger partial charge in [0, 0.05) is 0 Å². The Bertz CT molecular complexity index is 602. The first-order chi connectivity index (χ1) is 7.00. The summed E-state index contributed by atoms with van der Waals surface area (Å²) in [4.78, 5) is 3.70. The predicted octanol–water partition coefficient (Wildman–Crippen LogP) is -0.0325. The fourth-order valence-corrected chi connectivity index (χ4v) is 1.60. The largest absolute Gasteiger partial charge is 0.427 e. The van der Waals surface area contributed by atoms with Gasteiger partial charge in [-0.3, -0.25) is 0 Å². The van der Waals surface area contributed by atoms with Crippen molar-refractivity contribution in [3.05, 3.63) is 23.8 Å². The maximum atomic E-state index is 10.9. The molecule has 1 aromatic carbocycles. The summed E-state index contributed by atoms with van der Waals surface area (Å²) in [6, 6.07) is 4.69. The molecule has 0 aliphatic carbocycles. The quantitative estimate of drug-likeness (QED) is 0.750. The number of nitrogens with two attached hydrogens (primary N) is 1. The van der Waals surface area contributed by atoms with Gasteiger partial charge in [0.1, 0.15) is 5.52 Å². The van der Waals surface area contributed by atoms with Gasteiger partial charge >= 0.3 is 5.22 Å². The van der Waals surface area contributed by atoms with Gasteiger partial charge in [-0.05, 0) is 17.7 Å². The lowest BCUT2D eigenvalue weighted by Gasteiger charge is -1.92. The molecular weight excluding hydrogens is 220 g/mol. The van der Waals surface area contributed by atoms with E-state index in [-0.39, 0.29) is 12.2 Å². The molecule has 6 nitrogen and oxygen atoms in total. The molecule has 2 aromatic rings. The monoisotopic (exact) mass is 228 g/mol. The minimum absolute atomic E-state index is 0.151. The molecule has 0 aliphatic rings. The molecule has 2 rings (SSSR count). The maximum absolute atomic E-state index is 10.9. The van der Waals surface area contributed by atoms with Crippen molar-refractivity contribution in [3.8, 4) is 0 Å². The van der Waals surface area contributed by atoms with Gasteiger partial charge in [-0.25, -0.2) is 13.6 Å². The molecule has 0 amide bonds. The predicted molar refractivity (Wildman–Crippen MR) is 51.3 cm³/mol. The molecule has 0 spiro atoms. The fourth-order valence-electron chi connectivity index (χ4n) is 1.17. The van der Waals surface area contributed by atoms with E-state index in [0.717, 1.165) is 0 Å². The zero-order valence-corrected chi connectivity index (χ0v) is 8.36. The second-order valence-corrected chi connectivity index (χ2v) is 4.42. The summed E-state index contributed by atoms with van der Waals surface area (Å²) < 4.78 is 26.8. The molecule has 0 saturated heterocycles. The van der Waals surface area contributed by atoms with Crippen LogP contribution in [0, 0.1) is 0 Å². The van der Waals surface area contributed by atoms with Crippen LogP contribution in [-0.2, 0) is 16.6 Å². The van der Waals surface area contributed by atoms with Crippen LogP contribution >= 0.6 is 0 Å². The topological polar surface area (TPSA) is 106 Å². The number of primary sulfonamides is 1. The van der Waals surface area contributed by atoms with E-state index in [2.05, 4.69) is 4.98 Å². The number of benzene rings is 1. The first-order valence-electron chi connectivity index (χ1n) is 4.04. The van der Waals surface area contributed by atoms with E-state index in [9.17, 15) is 8.42 Å². The lowest BCUT2D eigenvalue weighted by molar-refractivity contribution is 0.282. The molecule has 15 heavy (non-hydrogen) atoms. The summed E-state index contributed by atoms with van der Waals surface area (Å²) in [5, 5.41) is 13.2. The summed E-state index contributed by atoms with van der Waals surface area (Å²) in [5.74, 6) is 0. The number of aliphatic hydroxyl groups is 1. The van der Waals surface area contributed by atoms with Crippen molar-refractivity contribution >= 4 is 21.1 Å². The van der Waals surface area contributed by atoms with Crippen LogP contribution in [-0.4, -0.2) is 18.5 Å². The lowest BCUT2D eigenvalue weighted by Crippen LogP contribution is -2.12. The van der Waals surface area contributed by atoms with Gasteiger partial charge in [-0.15, -0.1) is 0 Å². The Morgan fingerprint density at radius 1 is 1.47 bits per heavy atom. The summed E-state index contributed by atoms with van der Waals surface area (Å²) in [5.41, 5.74) is 1.28. The second-order valence-electron chi connectivity index (χ2n) is 2.98. The minimum Gasteiger partial charge on any atom is -0.427 e. The molecule has 0 atom stereocenters. The molecular formula is C8H8N2O4S. The van der Waals surface area contributed by atoms with E-state index in [1.165, 1.54) is 6.07 Å². The highest BCUT2D eigenvalue weighted by atomic mass is 32.2. The van der Waals surface area contributed by atoms with Gasteiger partial charge in [0.25, 0.3) is 10.0 Å². The van der Waals surface area contributed by atoms with Crippen molar-refractivity contribution in [2.75, 3.05) is 0 Å². The summed E-state index contributed by atoms with van der Waals surface area (Å²) in [6.07, 6.45) is 0. The zero-order valence-electron chi connectivity index (χ0n) is 7.54. The summed E-state index contributed by atoms with van der Waals surface area (Å²) >= 11 is 0. The molecule has 0 unspecified atom stereocenters. The third kappa shape index (κ3) is 1.84. The standard InChI is InChI=1S/C8H8N2O4S/c9-15(12,13)8-10-6-2-1-5(4-11)3-7(6)14-8/h1-3,11H,4H2,(H2,9,12,13). The van der Waals surface area contributed by atoms with Crippen molar-refractivity contribution in [3.63, 3.8) is 0 Å². The van der Waals surface area contributed by atoms with E-state index in [1.807, 2.05) is 0 Å². The van der Waals surface area contributed by atoms with Gasteiger partial charge in [0.2, 0.25) is 0 Å². The van der Waals surface area contributed by atoms with Crippen LogP contribution in [0.2, 0.25) is 0 Å². The van der Waals surface area contributed by atoms with Crippen LogP contribution in [0.1, 0.15) is 5.56 Å². The van der Waals surface area contributed by atoms with Crippen molar-refractivity contribution in [2.45, 2.75) is 11.8 Å². The van der Waals surface area contributed by atoms with Crippen LogP contribution in [0.5, 0.6) is 0 Å². The van der Waals surface area contributed by atoms with Crippen LogP contribution in [0.4, 0.5) is 0 Å². The van der Waals surface area contributed by atoms with Crippen molar-refractivity contribution < 1.29 is 17.9 Å². The van der Waals surface area contributed by atoms with Gasteiger partial charge in [-0.2, -0.15) is 4.98 Å². The molecule has 80 valence electrons. The zero-order chi connectivity index (χ0) is 11.1. The van der Waals surface area contributed by atoms with E-state index < -0.39 is 15.2 Å². The highest BCUT2D eigenvalue weighted by Gasteiger charge is 2.16. The number of hydrogen-bond acceptors (Lipinski definition) is 5. The van der Waals surface area contributed by atoms with E-state index in [0.29, 0.717) is 11.1 Å². The second kappa shape index (κ2) is 3.30. The number of oxazole rings is 1. The Morgan fingerprint density at radius 3 is 2.80 bits per heavy atom. The highest BCUT2D eigenvalue weighted by Crippen LogP contribution is 2.19. The smallest absolute Gasteiger partial charge is 0.331 e. The van der Waals surface area contributed by atoms with Crippen LogP contribution < -0.4 is 5.14 Å². The van der Waals surface area contributed by atoms with Crippen LogP contribution in [0.25, 0.3) is 11.1 Å².